The first-order valence-electron chi connectivity index (χ1n) is 9.99. The number of hydrogen-bond donors (Lipinski definition) is 0. The van der Waals surface area contributed by atoms with Crippen molar-refractivity contribution < 1.29 is 0 Å². The highest BCUT2D eigenvalue weighted by Crippen LogP contribution is 2.39. The molecule has 0 N–H and O–H groups in total. The van der Waals surface area contributed by atoms with Gasteiger partial charge in [-0.25, -0.2) is 0 Å². The molecule has 0 nitrogen and oxygen atoms in total. The molecule has 0 spiro atoms. The highest BCUT2D eigenvalue weighted by Gasteiger charge is 2.14. The summed E-state index contributed by atoms with van der Waals surface area (Å²) in [5.41, 5.74) is 6.46. The van der Waals surface area contributed by atoms with Crippen molar-refractivity contribution in [2.75, 3.05) is 5.75 Å². The molecule has 0 unspecified atom stereocenters. The smallest absolute Gasteiger partial charge is 0.0229 e. The van der Waals surface area contributed by atoms with E-state index in [1.807, 2.05) is 11.8 Å². The first kappa shape index (κ1) is 19.3. The lowest BCUT2D eigenvalue weighted by Crippen LogP contribution is -1.95. The van der Waals surface area contributed by atoms with Crippen molar-refractivity contribution >= 4 is 22.2 Å². The first-order chi connectivity index (χ1) is 14.4. The molecule has 29 heavy (non-hydrogen) atoms. The summed E-state index contributed by atoms with van der Waals surface area (Å²) in [6.07, 6.45) is 1.05. The van der Waals surface area contributed by atoms with E-state index in [-0.39, 0.29) is 0 Å². The van der Waals surface area contributed by atoms with Gasteiger partial charge in [0, 0.05) is 16.2 Å². The Morgan fingerprint density at radius 2 is 0.897 bits per heavy atom. The number of aryl methyl sites for hydroxylation is 1. The van der Waals surface area contributed by atoms with Gasteiger partial charge in [-0.2, -0.15) is 0 Å². The van der Waals surface area contributed by atoms with E-state index in [0.29, 0.717) is 0 Å². The van der Waals surface area contributed by atoms with Crippen LogP contribution in [-0.4, -0.2) is 5.75 Å². The van der Waals surface area contributed by atoms with Crippen molar-refractivity contribution in [3.8, 4) is 0 Å². The molecule has 0 bridgehead atoms. The Morgan fingerprint density at radius 1 is 0.483 bits per heavy atom. The van der Waals surface area contributed by atoms with Crippen LogP contribution in [0.25, 0.3) is 10.5 Å². The van der Waals surface area contributed by atoms with Crippen LogP contribution in [0.15, 0.2) is 121 Å². The van der Waals surface area contributed by atoms with Gasteiger partial charge in [-0.05, 0) is 28.7 Å². The second-order valence-electron chi connectivity index (χ2n) is 6.89. The standard InChI is InChI=1S/C28H24S/c1-5-13-23(14-6-1)21-22-29-28(26-19-11-4-12-20-26)27(24-15-7-2-8-16-24)25-17-9-3-10-18-25/h1-20H,21-22H2. The van der Waals surface area contributed by atoms with Crippen LogP contribution in [0, 0.1) is 0 Å². The Kier molecular flexibility index (Phi) is 6.62. The largest absolute Gasteiger partial charge is 0.125 e. The molecule has 0 radical (unpaired) electrons. The van der Waals surface area contributed by atoms with E-state index < -0.39 is 0 Å². The van der Waals surface area contributed by atoms with Gasteiger partial charge in [0.05, 0.1) is 0 Å². The fraction of sp³-hybridized carbons (Fsp3) is 0.0714. The summed E-state index contributed by atoms with van der Waals surface area (Å²) in [4.78, 5) is 1.33. The summed E-state index contributed by atoms with van der Waals surface area (Å²) >= 11 is 1.95. The monoisotopic (exact) mass is 392 g/mol. The molecular weight excluding hydrogens is 368 g/mol. The van der Waals surface area contributed by atoms with Gasteiger partial charge in [0.15, 0.2) is 0 Å². The fourth-order valence-corrected chi connectivity index (χ4v) is 4.67. The summed E-state index contributed by atoms with van der Waals surface area (Å²) in [6, 6.07) is 43.0. The molecular formula is C28H24S. The van der Waals surface area contributed by atoms with Gasteiger partial charge < -0.3 is 0 Å². The Hall–Kier alpha value is -3.03. The van der Waals surface area contributed by atoms with Crippen molar-refractivity contribution in [1.82, 2.24) is 0 Å². The van der Waals surface area contributed by atoms with Gasteiger partial charge in [0.1, 0.15) is 0 Å². The van der Waals surface area contributed by atoms with Crippen LogP contribution >= 0.6 is 11.8 Å². The zero-order chi connectivity index (χ0) is 19.7. The molecule has 0 aliphatic carbocycles. The van der Waals surface area contributed by atoms with Gasteiger partial charge in [0.2, 0.25) is 0 Å². The number of rotatable bonds is 7. The molecule has 4 aromatic rings. The van der Waals surface area contributed by atoms with E-state index in [9.17, 15) is 0 Å². The van der Waals surface area contributed by atoms with Crippen LogP contribution in [0.5, 0.6) is 0 Å². The quantitative estimate of drug-likeness (QED) is 0.292. The van der Waals surface area contributed by atoms with E-state index in [0.717, 1.165) is 12.2 Å². The Morgan fingerprint density at radius 3 is 1.38 bits per heavy atom. The van der Waals surface area contributed by atoms with Crippen LogP contribution in [0.3, 0.4) is 0 Å². The topological polar surface area (TPSA) is 0 Å². The molecule has 0 aliphatic rings. The van der Waals surface area contributed by atoms with Crippen molar-refractivity contribution in [1.29, 1.82) is 0 Å². The molecule has 1 heteroatoms. The van der Waals surface area contributed by atoms with Crippen molar-refractivity contribution in [2.45, 2.75) is 6.42 Å². The Labute approximate surface area is 177 Å². The zero-order valence-electron chi connectivity index (χ0n) is 16.4. The molecule has 142 valence electrons. The fourth-order valence-electron chi connectivity index (χ4n) is 3.44. The molecule has 0 fully saturated rings. The number of benzene rings is 4. The van der Waals surface area contributed by atoms with Crippen LogP contribution in [-0.2, 0) is 6.42 Å². The van der Waals surface area contributed by atoms with E-state index in [4.69, 9.17) is 0 Å². The van der Waals surface area contributed by atoms with Gasteiger partial charge in [-0.15, -0.1) is 11.8 Å². The highest BCUT2D eigenvalue weighted by atomic mass is 32.2. The van der Waals surface area contributed by atoms with Crippen molar-refractivity contribution in [3.63, 3.8) is 0 Å². The third-order valence-corrected chi connectivity index (χ3v) is 6.00. The molecule has 0 heterocycles. The molecule has 0 aromatic heterocycles. The van der Waals surface area contributed by atoms with Crippen molar-refractivity contribution in [3.05, 3.63) is 144 Å². The molecule has 0 saturated heterocycles. The summed E-state index contributed by atoms with van der Waals surface area (Å²) < 4.78 is 0. The van der Waals surface area contributed by atoms with Crippen LogP contribution in [0.2, 0.25) is 0 Å². The maximum atomic E-state index is 2.22. The summed E-state index contributed by atoms with van der Waals surface area (Å²) in [5.74, 6) is 1.04. The number of thioether (sulfide) groups is 1. The minimum atomic E-state index is 1.04. The number of hydrogen-bond acceptors (Lipinski definition) is 1. The lowest BCUT2D eigenvalue weighted by Gasteiger charge is -2.17. The van der Waals surface area contributed by atoms with E-state index in [1.165, 1.54) is 32.7 Å². The minimum Gasteiger partial charge on any atom is -0.125 e. The molecule has 4 rings (SSSR count). The van der Waals surface area contributed by atoms with Gasteiger partial charge >= 0.3 is 0 Å². The lowest BCUT2D eigenvalue weighted by molar-refractivity contribution is 1.16. The van der Waals surface area contributed by atoms with Gasteiger partial charge in [0.25, 0.3) is 0 Å². The maximum Gasteiger partial charge on any atom is 0.0229 e. The summed E-state index contributed by atoms with van der Waals surface area (Å²) in [5, 5.41) is 0. The molecule has 0 amide bonds. The Bertz CT molecular complexity index is 995. The van der Waals surface area contributed by atoms with E-state index >= 15 is 0 Å². The first-order valence-corrected chi connectivity index (χ1v) is 11.0. The van der Waals surface area contributed by atoms with Crippen LogP contribution in [0.4, 0.5) is 0 Å². The highest BCUT2D eigenvalue weighted by molar-refractivity contribution is 8.08. The third kappa shape index (κ3) is 5.07. The SMILES string of the molecule is c1ccc(CCSC(=C(c2ccccc2)c2ccccc2)c2ccccc2)cc1. The summed E-state index contributed by atoms with van der Waals surface area (Å²) in [7, 11) is 0. The Balaban J connectivity index is 1.77. The van der Waals surface area contributed by atoms with Gasteiger partial charge in [-0.3, -0.25) is 0 Å². The lowest BCUT2D eigenvalue weighted by atomic mass is 9.95. The van der Waals surface area contributed by atoms with E-state index in [2.05, 4.69) is 121 Å². The predicted molar refractivity (Wildman–Crippen MR) is 128 cm³/mol. The summed E-state index contributed by atoms with van der Waals surface area (Å²) in [6.45, 7) is 0. The second kappa shape index (κ2) is 9.95. The third-order valence-electron chi connectivity index (χ3n) is 4.87. The van der Waals surface area contributed by atoms with Crippen LogP contribution in [0.1, 0.15) is 22.3 Å². The predicted octanol–water partition coefficient (Wildman–Crippen LogP) is 7.58. The van der Waals surface area contributed by atoms with Gasteiger partial charge in [-0.1, -0.05) is 121 Å². The minimum absolute atomic E-state index is 1.04. The maximum absolute atomic E-state index is 2.22. The molecule has 0 saturated carbocycles. The molecule has 4 aromatic carbocycles. The molecule has 0 atom stereocenters. The normalized spacial score (nSPS) is 10.5. The van der Waals surface area contributed by atoms with Crippen molar-refractivity contribution in [2.24, 2.45) is 0 Å². The van der Waals surface area contributed by atoms with Crippen LogP contribution < -0.4 is 0 Å². The average Bonchev–Trinajstić information content (AvgIpc) is 2.81. The molecule has 0 aliphatic heterocycles. The van der Waals surface area contributed by atoms with E-state index in [1.54, 1.807) is 0 Å². The second-order valence-corrected chi connectivity index (χ2v) is 7.99. The average molecular weight is 393 g/mol. The zero-order valence-corrected chi connectivity index (χ0v) is 17.2.